The van der Waals surface area contributed by atoms with Crippen molar-refractivity contribution < 1.29 is 4.42 Å². The molecule has 0 radical (unpaired) electrons. The first-order valence-electron chi connectivity index (χ1n) is 8.47. The number of aryl methyl sites for hydroxylation is 1. The van der Waals surface area contributed by atoms with Crippen LogP contribution in [0.5, 0.6) is 0 Å². The summed E-state index contributed by atoms with van der Waals surface area (Å²) in [6.07, 6.45) is 0. The zero-order valence-corrected chi connectivity index (χ0v) is 14.1. The number of nitrogens with zero attached hydrogens (tertiary/aromatic N) is 1. The van der Waals surface area contributed by atoms with Crippen molar-refractivity contribution in [3.8, 4) is 0 Å². The first-order chi connectivity index (χ1) is 11.6. The van der Waals surface area contributed by atoms with Crippen molar-refractivity contribution >= 4 is 43.7 Å². The predicted octanol–water partition coefficient (Wildman–Crippen LogP) is 6.35. The highest BCUT2D eigenvalue weighted by Crippen LogP contribution is 2.38. The van der Waals surface area contributed by atoms with E-state index >= 15 is 0 Å². The topological polar surface area (TPSA) is 18.1 Å². The summed E-state index contributed by atoms with van der Waals surface area (Å²) < 4.78 is 8.59. The Kier molecular flexibility index (Phi) is 2.64. The van der Waals surface area contributed by atoms with Crippen LogP contribution < -0.4 is 0 Å². The SMILES string of the molecule is CC(C)c1ccc2c(c1)oc1c2ccc2c3ccccc3n(C)c21. The molecule has 2 heteroatoms. The summed E-state index contributed by atoms with van der Waals surface area (Å²) >= 11 is 0. The Hall–Kier alpha value is -2.74. The molecule has 0 aliphatic carbocycles. The molecular weight excluding hydrogens is 294 g/mol. The lowest BCUT2D eigenvalue weighted by molar-refractivity contribution is 0.668. The minimum absolute atomic E-state index is 0.500. The number of aromatic nitrogens is 1. The summed E-state index contributed by atoms with van der Waals surface area (Å²) in [6.45, 7) is 4.43. The van der Waals surface area contributed by atoms with Crippen LogP contribution in [0.25, 0.3) is 43.7 Å². The van der Waals surface area contributed by atoms with Crippen molar-refractivity contribution in [2.75, 3.05) is 0 Å². The predicted molar refractivity (Wildman–Crippen MR) is 102 cm³/mol. The minimum Gasteiger partial charge on any atom is -0.454 e. The van der Waals surface area contributed by atoms with Crippen LogP contribution in [0.15, 0.2) is 59.0 Å². The van der Waals surface area contributed by atoms with Crippen LogP contribution in [0.3, 0.4) is 0 Å². The Labute approximate surface area is 140 Å². The van der Waals surface area contributed by atoms with Crippen molar-refractivity contribution in [3.63, 3.8) is 0 Å². The maximum Gasteiger partial charge on any atom is 0.159 e. The van der Waals surface area contributed by atoms with E-state index < -0.39 is 0 Å². The second kappa shape index (κ2) is 4.64. The molecule has 0 saturated heterocycles. The average Bonchev–Trinajstić information content (AvgIpc) is 3.10. The van der Waals surface area contributed by atoms with Gasteiger partial charge in [0.05, 0.1) is 5.52 Å². The van der Waals surface area contributed by atoms with Gasteiger partial charge in [-0.25, -0.2) is 0 Å². The van der Waals surface area contributed by atoms with Crippen LogP contribution in [0.1, 0.15) is 25.3 Å². The zero-order chi connectivity index (χ0) is 16.4. The summed E-state index contributed by atoms with van der Waals surface area (Å²) in [5, 5.41) is 4.92. The van der Waals surface area contributed by atoms with Crippen LogP contribution in [0.4, 0.5) is 0 Å². The minimum atomic E-state index is 0.500. The number of benzene rings is 3. The number of furan rings is 1. The van der Waals surface area contributed by atoms with Crippen molar-refractivity contribution in [1.29, 1.82) is 0 Å². The van der Waals surface area contributed by atoms with Gasteiger partial charge in [-0.2, -0.15) is 0 Å². The van der Waals surface area contributed by atoms with Gasteiger partial charge in [0.2, 0.25) is 0 Å². The first-order valence-corrected chi connectivity index (χ1v) is 8.47. The maximum atomic E-state index is 6.35. The van der Waals surface area contributed by atoms with E-state index in [2.05, 4.69) is 80.1 Å². The van der Waals surface area contributed by atoms with Crippen LogP contribution in [-0.4, -0.2) is 4.57 Å². The van der Waals surface area contributed by atoms with Gasteiger partial charge in [-0.15, -0.1) is 0 Å². The molecule has 0 aliphatic heterocycles. The average molecular weight is 313 g/mol. The number of para-hydroxylation sites is 1. The molecule has 5 rings (SSSR count). The number of hydrogen-bond donors (Lipinski definition) is 0. The van der Waals surface area contributed by atoms with Gasteiger partial charge in [0, 0.05) is 34.1 Å². The molecule has 0 atom stereocenters. The molecule has 2 heterocycles. The molecule has 0 fully saturated rings. The fraction of sp³-hybridized carbons (Fsp3) is 0.182. The van der Waals surface area contributed by atoms with E-state index in [4.69, 9.17) is 4.42 Å². The molecule has 0 N–H and O–H groups in total. The Morgan fingerprint density at radius 2 is 1.58 bits per heavy atom. The molecule has 0 bridgehead atoms. The highest BCUT2D eigenvalue weighted by molar-refractivity contribution is 6.20. The third-order valence-electron chi connectivity index (χ3n) is 5.20. The van der Waals surface area contributed by atoms with Gasteiger partial charge >= 0.3 is 0 Å². The summed E-state index contributed by atoms with van der Waals surface area (Å²) in [4.78, 5) is 0. The normalized spacial score (nSPS) is 12.3. The largest absolute Gasteiger partial charge is 0.454 e. The second-order valence-electron chi connectivity index (χ2n) is 6.93. The Morgan fingerprint density at radius 3 is 2.42 bits per heavy atom. The molecule has 0 saturated carbocycles. The lowest BCUT2D eigenvalue weighted by Gasteiger charge is -2.03. The Morgan fingerprint density at radius 1 is 0.833 bits per heavy atom. The molecule has 0 unspecified atom stereocenters. The molecule has 2 aromatic heterocycles. The van der Waals surface area contributed by atoms with Crippen LogP contribution in [-0.2, 0) is 7.05 Å². The fourth-order valence-corrected chi connectivity index (χ4v) is 3.87. The molecular formula is C22H19NO. The zero-order valence-electron chi connectivity index (χ0n) is 14.1. The molecule has 118 valence electrons. The number of fused-ring (bicyclic) bond motifs is 7. The van der Waals surface area contributed by atoms with Crippen LogP contribution >= 0.6 is 0 Å². The fourth-order valence-electron chi connectivity index (χ4n) is 3.87. The van der Waals surface area contributed by atoms with Gasteiger partial charge in [0.25, 0.3) is 0 Å². The van der Waals surface area contributed by atoms with Crippen LogP contribution in [0.2, 0.25) is 0 Å². The van der Waals surface area contributed by atoms with Crippen molar-refractivity contribution in [3.05, 3.63) is 60.2 Å². The van der Waals surface area contributed by atoms with Gasteiger partial charge < -0.3 is 8.98 Å². The van der Waals surface area contributed by atoms with E-state index in [0.717, 1.165) is 11.2 Å². The van der Waals surface area contributed by atoms with E-state index in [0.29, 0.717) is 5.92 Å². The van der Waals surface area contributed by atoms with Crippen molar-refractivity contribution in [2.45, 2.75) is 19.8 Å². The molecule has 0 aliphatic rings. The first kappa shape index (κ1) is 13.7. The van der Waals surface area contributed by atoms with Crippen molar-refractivity contribution in [2.24, 2.45) is 7.05 Å². The molecule has 3 aromatic carbocycles. The van der Waals surface area contributed by atoms with Crippen LogP contribution in [0, 0.1) is 0 Å². The quantitative estimate of drug-likeness (QED) is 0.352. The van der Waals surface area contributed by atoms with Gasteiger partial charge in [-0.3, -0.25) is 0 Å². The molecule has 2 nitrogen and oxygen atoms in total. The van der Waals surface area contributed by atoms with E-state index in [1.165, 1.54) is 38.1 Å². The van der Waals surface area contributed by atoms with Gasteiger partial charge in [0.15, 0.2) is 5.58 Å². The van der Waals surface area contributed by atoms with E-state index in [9.17, 15) is 0 Å². The second-order valence-corrected chi connectivity index (χ2v) is 6.93. The Bertz CT molecular complexity index is 1240. The summed E-state index contributed by atoms with van der Waals surface area (Å²) in [5.41, 5.74) is 5.70. The smallest absolute Gasteiger partial charge is 0.159 e. The van der Waals surface area contributed by atoms with Crippen molar-refractivity contribution in [1.82, 2.24) is 4.57 Å². The highest BCUT2D eigenvalue weighted by atomic mass is 16.3. The molecule has 24 heavy (non-hydrogen) atoms. The third kappa shape index (κ3) is 1.66. The highest BCUT2D eigenvalue weighted by Gasteiger charge is 2.16. The number of rotatable bonds is 1. The van der Waals surface area contributed by atoms with Gasteiger partial charge in [-0.05, 0) is 29.7 Å². The lowest BCUT2D eigenvalue weighted by Crippen LogP contribution is -1.86. The molecule has 0 spiro atoms. The third-order valence-corrected chi connectivity index (χ3v) is 5.20. The van der Waals surface area contributed by atoms with Gasteiger partial charge in [0.1, 0.15) is 5.58 Å². The molecule has 5 aromatic rings. The number of hydrogen-bond acceptors (Lipinski definition) is 1. The lowest BCUT2D eigenvalue weighted by atomic mass is 10.0. The van der Waals surface area contributed by atoms with E-state index in [1.54, 1.807) is 0 Å². The van der Waals surface area contributed by atoms with E-state index in [-0.39, 0.29) is 0 Å². The van der Waals surface area contributed by atoms with E-state index in [1.807, 2.05) is 0 Å². The summed E-state index contributed by atoms with van der Waals surface area (Å²) in [7, 11) is 2.12. The standard InChI is InChI=1S/C22H19NO/c1-13(2)14-8-9-16-18-11-10-17-15-6-4-5-7-19(15)23(3)21(17)22(18)24-20(16)12-14/h4-13H,1-3H3. The van der Waals surface area contributed by atoms with Gasteiger partial charge in [-0.1, -0.05) is 50.2 Å². The monoisotopic (exact) mass is 313 g/mol. The summed E-state index contributed by atoms with van der Waals surface area (Å²) in [6, 6.07) is 19.6. The molecule has 0 amide bonds. The Balaban J connectivity index is 1.98. The summed E-state index contributed by atoms with van der Waals surface area (Å²) in [5.74, 6) is 0.500. The maximum absolute atomic E-state index is 6.35.